The maximum absolute atomic E-state index is 13.0. The first-order valence-electron chi connectivity index (χ1n) is 11.1. The molecule has 0 aliphatic heterocycles. The molecule has 0 bridgehead atoms. The lowest BCUT2D eigenvalue weighted by molar-refractivity contribution is 0.235. The third kappa shape index (κ3) is 4.81. The average Bonchev–Trinajstić information content (AvgIpc) is 3.19. The summed E-state index contributed by atoms with van der Waals surface area (Å²) in [6.07, 6.45) is 0.488. The van der Waals surface area contributed by atoms with Crippen LogP contribution < -0.4 is 11.2 Å². The second kappa shape index (κ2) is 9.97. The molecule has 0 fully saturated rings. The van der Waals surface area contributed by atoms with Gasteiger partial charge in [-0.25, -0.2) is 9.78 Å². The maximum atomic E-state index is 13.0. The van der Waals surface area contributed by atoms with Crippen LogP contribution in [0.4, 0.5) is 0 Å². The quantitative estimate of drug-likeness (QED) is 0.424. The summed E-state index contributed by atoms with van der Waals surface area (Å²) in [5.41, 5.74) is 2.33. The minimum absolute atomic E-state index is 0.00291. The van der Waals surface area contributed by atoms with Crippen LogP contribution in [0.15, 0.2) is 70.3 Å². The number of aliphatic hydroxyl groups excluding tert-OH is 1. The summed E-state index contributed by atoms with van der Waals surface area (Å²) in [6, 6.07) is 20.4. The van der Waals surface area contributed by atoms with Crippen molar-refractivity contribution in [3.63, 3.8) is 0 Å². The van der Waals surface area contributed by atoms with Gasteiger partial charge in [-0.2, -0.15) is 0 Å². The van der Waals surface area contributed by atoms with Gasteiger partial charge in [-0.3, -0.25) is 18.8 Å². The number of benzene rings is 2. The van der Waals surface area contributed by atoms with Crippen LogP contribution in [0.3, 0.4) is 0 Å². The monoisotopic (exact) mass is 447 g/mol. The van der Waals surface area contributed by atoms with Crippen LogP contribution in [-0.2, 0) is 40.3 Å². The van der Waals surface area contributed by atoms with Crippen LogP contribution >= 0.6 is 0 Å². The van der Waals surface area contributed by atoms with Crippen molar-refractivity contribution in [2.24, 2.45) is 14.1 Å². The highest BCUT2D eigenvalue weighted by atomic mass is 16.3. The Morgan fingerprint density at radius 3 is 1.97 bits per heavy atom. The molecule has 0 saturated heterocycles. The maximum Gasteiger partial charge on any atom is 0.332 e. The molecule has 0 atom stereocenters. The fourth-order valence-electron chi connectivity index (χ4n) is 4.13. The lowest BCUT2D eigenvalue weighted by atomic mass is 10.1. The van der Waals surface area contributed by atoms with Crippen molar-refractivity contribution in [3.05, 3.63) is 98.5 Å². The first-order chi connectivity index (χ1) is 16.0. The van der Waals surface area contributed by atoms with Gasteiger partial charge in [-0.05, 0) is 17.5 Å². The summed E-state index contributed by atoms with van der Waals surface area (Å²) in [7, 11) is 3.10. The molecule has 0 saturated carbocycles. The molecule has 0 spiro atoms. The standard InChI is InChI=1S/C25H29N5O3/c1-27-23-22(24(32)28(2)25(27)33)30(14-9-15-31)21(26-23)18-29(16-19-10-5-3-6-11-19)17-20-12-7-4-8-13-20/h3-8,10-13,31H,9,14-18H2,1-2H3. The number of aliphatic hydroxyl groups is 1. The van der Waals surface area contributed by atoms with Crippen molar-refractivity contribution in [1.29, 1.82) is 0 Å². The smallest absolute Gasteiger partial charge is 0.332 e. The highest BCUT2D eigenvalue weighted by molar-refractivity contribution is 5.71. The molecule has 0 amide bonds. The van der Waals surface area contributed by atoms with Gasteiger partial charge in [0.25, 0.3) is 5.56 Å². The minimum atomic E-state index is -0.406. The van der Waals surface area contributed by atoms with E-state index in [4.69, 9.17) is 4.98 Å². The summed E-state index contributed by atoms with van der Waals surface area (Å²) in [5, 5.41) is 9.44. The predicted molar refractivity (Wildman–Crippen MR) is 128 cm³/mol. The van der Waals surface area contributed by atoms with E-state index in [2.05, 4.69) is 29.2 Å². The zero-order valence-electron chi connectivity index (χ0n) is 19.0. The van der Waals surface area contributed by atoms with Gasteiger partial charge in [-0.1, -0.05) is 60.7 Å². The Morgan fingerprint density at radius 1 is 0.848 bits per heavy atom. The second-order valence-corrected chi connectivity index (χ2v) is 8.25. The van der Waals surface area contributed by atoms with E-state index in [0.29, 0.717) is 49.6 Å². The van der Waals surface area contributed by atoms with E-state index in [1.165, 1.54) is 22.7 Å². The number of nitrogens with zero attached hydrogens (tertiary/aromatic N) is 5. The molecule has 2 aromatic carbocycles. The van der Waals surface area contributed by atoms with Gasteiger partial charge in [0.1, 0.15) is 5.82 Å². The van der Waals surface area contributed by atoms with Crippen LogP contribution in [0, 0.1) is 0 Å². The normalized spacial score (nSPS) is 11.5. The molecule has 0 radical (unpaired) electrons. The number of aromatic nitrogens is 4. The van der Waals surface area contributed by atoms with E-state index in [1.807, 2.05) is 41.0 Å². The largest absolute Gasteiger partial charge is 0.396 e. The van der Waals surface area contributed by atoms with Crippen molar-refractivity contribution in [3.8, 4) is 0 Å². The minimum Gasteiger partial charge on any atom is -0.396 e. The SMILES string of the molecule is Cn1c(=O)c2c(nc(CN(Cc3ccccc3)Cc3ccccc3)n2CCCO)n(C)c1=O. The molecule has 2 aromatic heterocycles. The third-order valence-corrected chi connectivity index (χ3v) is 5.83. The van der Waals surface area contributed by atoms with Crippen LogP contribution in [0.2, 0.25) is 0 Å². The van der Waals surface area contributed by atoms with Gasteiger partial charge >= 0.3 is 5.69 Å². The summed E-state index contributed by atoms with van der Waals surface area (Å²) >= 11 is 0. The molecular weight excluding hydrogens is 418 g/mol. The van der Waals surface area contributed by atoms with E-state index in [0.717, 1.165) is 4.57 Å². The highest BCUT2D eigenvalue weighted by Crippen LogP contribution is 2.18. The van der Waals surface area contributed by atoms with E-state index in [9.17, 15) is 14.7 Å². The van der Waals surface area contributed by atoms with Crippen molar-refractivity contribution in [2.45, 2.75) is 32.6 Å². The molecule has 4 aromatic rings. The van der Waals surface area contributed by atoms with Crippen molar-refractivity contribution in [2.75, 3.05) is 6.61 Å². The van der Waals surface area contributed by atoms with Crippen LogP contribution in [0.1, 0.15) is 23.4 Å². The van der Waals surface area contributed by atoms with Crippen LogP contribution in [0.5, 0.6) is 0 Å². The number of hydrogen-bond donors (Lipinski definition) is 1. The lowest BCUT2D eigenvalue weighted by Crippen LogP contribution is -2.37. The molecular formula is C25H29N5O3. The Balaban J connectivity index is 1.78. The molecule has 1 N–H and O–H groups in total. The van der Waals surface area contributed by atoms with Gasteiger partial charge in [0.2, 0.25) is 0 Å². The third-order valence-electron chi connectivity index (χ3n) is 5.83. The summed E-state index contributed by atoms with van der Waals surface area (Å²) in [6.45, 7) is 2.34. The molecule has 0 unspecified atom stereocenters. The van der Waals surface area contributed by atoms with Crippen LogP contribution in [0.25, 0.3) is 11.2 Å². The number of rotatable bonds is 9. The first-order valence-corrected chi connectivity index (χ1v) is 11.1. The Kier molecular flexibility index (Phi) is 6.86. The lowest BCUT2D eigenvalue weighted by Gasteiger charge is -2.23. The molecule has 0 aliphatic carbocycles. The Hall–Kier alpha value is -3.49. The molecule has 4 rings (SSSR count). The van der Waals surface area contributed by atoms with Gasteiger partial charge in [-0.15, -0.1) is 0 Å². The molecule has 2 heterocycles. The van der Waals surface area contributed by atoms with E-state index >= 15 is 0 Å². The molecule has 8 heteroatoms. The first kappa shape index (κ1) is 22.7. The predicted octanol–water partition coefficient (Wildman–Crippen LogP) is 2.02. The van der Waals surface area contributed by atoms with Gasteiger partial charge in [0.15, 0.2) is 11.2 Å². The van der Waals surface area contributed by atoms with Gasteiger partial charge in [0, 0.05) is 40.3 Å². The Bertz CT molecular complexity index is 1300. The Labute approximate surface area is 192 Å². The number of aryl methyl sites for hydroxylation is 2. The van der Waals surface area contributed by atoms with Crippen molar-refractivity contribution in [1.82, 2.24) is 23.6 Å². The number of imidazole rings is 1. The van der Waals surface area contributed by atoms with Crippen molar-refractivity contribution < 1.29 is 5.11 Å². The summed E-state index contributed by atoms with van der Waals surface area (Å²) in [5.74, 6) is 0.698. The van der Waals surface area contributed by atoms with E-state index in [-0.39, 0.29) is 12.2 Å². The van der Waals surface area contributed by atoms with Crippen LogP contribution in [-0.4, -0.2) is 35.3 Å². The van der Waals surface area contributed by atoms with E-state index in [1.54, 1.807) is 7.05 Å². The molecule has 0 aliphatic rings. The number of hydrogen-bond acceptors (Lipinski definition) is 5. The topological polar surface area (TPSA) is 85.3 Å². The van der Waals surface area contributed by atoms with Gasteiger partial charge < -0.3 is 9.67 Å². The second-order valence-electron chi connectivity index (χ2n) is 8.25. The average molecular weight is 448 g/mol. The van der Waals surface area contributed by atoms with Gasteiger partial charge in [0.05, 0.1) is 6.54 Å². The summed E-state index contributed by atoms with van der Waals surface area (Å²) in [4.78, 5) is 32.5. The zero-order chi connectivity index (χ0) is 23.4. The molecule has 33 heavy (non-hydrogen) atoms. The molecule has 172 valence electrons. The molecule has 8 nitrogen and oxygen atoms in total. The summed E-state index contributed by atoms with van der Waals surface area (Å²) < 4.78 is 4.37. The fraction of sp³-hybridized carbons (Fsp3) is 0.320. The number of fused-ring (bicyclic) bond motifs is 1. The van der Waals surface area contributed by atoms with Crippen molar-refractivity contribution >= 4 is 11.2 Å². The highest BCUT2D eigenvalue weighted by Gasteiger charge is 2.21. The van der Waals surface area contributed by atoms with E-state index < -0.39 is 5.69 Å². The zero-order valence-corrected chi connectivity index (χ0v) is 19.0. The Morgan fingerprint density at radius 2 is 1.42 bits per heavy atom. The fourth-order valence-corrected chi connectivity index (χ4v) is 4.13.